The number of fused-ring (bicyclic) bond motifs is 1. The van der Waals surface area contributed by atoms with Crippen molar-refractivity contribution < 1.29 is 10.2 Å². The molecule has 0 unspecified atom stereocenters. The van der Waals surface area contributed by atoms with E-state index in [0.29, 0.717) is 0 Å². The SMILES string of the molecule is Cc1ccc2c(=C(O)c3ccccc3)sc(=C(O)c3ccccc3)c2c1. The molecule has 0 fully saturated rings. The van der Waals surface area contributed by atoms with Gasteiger partial charge in [0.25, 0.3) is 0 Å². The summed E-state index contributed by atoms with van der Waals surface area (Å²) in [7, 11) is 0. The molecule has 0 radical (unpaired) electrons. The van der Waals surface area contributed by atoms with Crippen molar-refractivity contribution in [3.63, 3.8) is 0 Å². The molecule has 0 spiro atoms. The van der Waals surface area contributed by atoms with E-state index < -0.39 is 0 Å². The summed E-state index contributed by atoms with van der Waals surface area (Å²) in [5, 5.41) is 23.6. The van der Waals surface area contributed by atoms with E-state index in [-0.39, 0.29) is 11.5 Å². The monoisotopic (exact) mass is 358 g/mol. The van der Waals surface area contributed by atoms with Crippen molar-refractivity contribution in [2.24, 2.45) is 0 Å². The molecule has 3 aromatic carbocycles. The Morgan fingerprint density at radius 2 is 1.15 bits per heavy atom. The van der Waals surface area contributed by atoms with Gasteiger partial charge in [-0.3, -0.25) is 0 Å². The van der Waals surface area contributed by atoms with E-state index in [1.807, 2.05) is 79.7 Å². The van der Waals surface area contributed by atoms with Crippen LogP contribution in [0.15, 0.2) is 78.9 Å². The van der Waals surface area contributed by atoms with Gasteiger partial charge >= 0.3 is 0 Å². The zero-order valence-corrected chi connectivity index (χ0v) is 15.1. The molecule has 1 aromatic heterocycles. The van der Waals surface area contributed by atoms with Gasteiger partial charge in [-0.1, -0.05) is 78.4 Å². The van der Waals surface area contributed by atoms with Crippen molar-refractivity contribution in [1.29, 1.82) is 0 Å². The lowest BCUT2D eigenvalue weighted by molar-refractivity contribution is 0.509. The molecule has 0 aliphatic rings. The lowest BCUT2D eigenvalue weighted by atomic mass is 10.1. The van der Waals surface area contributed by atoms with Gasteiger partial charge in [0, 0.05) is 21.9 Å². The first-order chi connectivity index (χ1) is 12.6. The zero-order chi connectivity index (χ0) is 18.1. The Balaban J connectivity index is 2.13. The fourth-order valence-corrected chi connectivity index (χ4v) is 4.26. The molecule has 26 heavy (non-hydrogen) atoms. The smallest absolute Gasteiger partial charge is 0.140 e. The second-order valence-corrected chi connectivity index (χ2v) is 7.26. The molecule has 1 heterocycles. The maximum Gasteiger partial charge on any atom is 0.140 e. The number of rotatable bonds is 2. The second kappa shape index (κ2) is 6.70. The number of hydrogen-bond donors (Lipinski definition) is 2. The average molecular weight is 358 g/mol. The van der Waals surface area contributed by atoms with E-state index in [1.165, 1.54) is 11.3 Å². The molecule has 0 saturated heterocycles. The first kappa shape index (κ1) is 16.4. The average Bonchev–Trinajstić information content (AvgIpc) is 3.06. The predicted molar refractivity (Wildman–Crippen MR) is 109 cm³/mol. The zero-order valence-electron chi connectivity index (χ0n) is 14.3. The molecule has 0 saturated carbocycles. The number of aryl methyl sites for hydroxylation is 1. The highest BCUT2D eigenvalue weighted by atomic mass is 32.1. The lowest BCUT2D eigenvalue weighted by Crippen LogP contribution is -2.04. The van der Waals surface area contributed by atoms with E-state index in [4.69, 9.17) is 0 Å². The molecule has 4 aromatic rings. The van der Waals surface area contributed by atoms with Gasteiger partial charge in [0.2, 0.25) is 0 Å². The maximum atomic E-state index is 10.9. The van der Waals surface area contributed by atoms with Gasteiger partial charge in [0.15, 0.2) is 0 Å². The van der Waals surface area contributed by atoms with E-state index in [1.54, 1.807) is 0 Å². The van der Waals surface area contributed by atoms with Crippen LogP contribution in [0.4, 0.5) is 0 Å². The number of aliphatic hydroxyl groups excluding tert-OH is 2. The van der Waals surface area contributed by atoms with E-state index in [0.717, 1.165) is 36.5 Å². The summed E-state index contributed by atoms with van der Waals surface area (Å²) >= 11 is 1.41. The molecule has 2 nitrogen and oxygen atoms in total. The van der Waals surface area contributed by atoms with E-state index >= 15 is 0 Å². The minimum Gasteiger partial charge on any atom is -0.506 e. The summed E-state index contributed by atoms with van der Waals surface area (Å²) in [6.07, 6.45) is 0. The first-order valence-electron chi connectivity index (χ1n) is 8.41. The van der Waals surface area contributed by atoms with Crippen molar-refractivity contribution in [1.82, 2.24) is 0 Å². The summed E-state index contributed by atoms with van der Waals surface area (Å²) in [6.45, 7) is 2.03. The normalized spacial score (nSPS) is 13.6. The Morgan fingerprint density at radius 1 is 0.654 bits per heavy atom. The van der Waals surface area contributed by atoms with Crippen LogP contribution in [-0.4, -0.2) is 10.2 Å². The summed E-state index contributed by atoms with van der Waals surface area (Å²) < 4.78 is 1.54. The van der Waals surface area contributed by atoms with Crippen LogP contribution < -0.4 is 9.06 Å². The minimum absolute atomic E-state index is 0.233. The van der Waals surface area contributed by atoms with Crippen LogP contribution >= 0.6 is 11.3 Å². The summed E-state index contributed by atoms with van der Waals surface area (Å²) in [5.74, 6) is 0.467. The van der Waals surface area contributed by atoms with Gasteiger partial charge in [0.05, 0.1) is 9.06 Å². The Kier molecular flexibility index (Phi) is 4.23. The molecule has 128 valence electrons. The third-order valence-corrected chi connectivity index (χ3v) is 5.63. The van der Waals surface area contributed by atoms with Crippen molar-refractivity contribution in [2.45, 2.75) is 6.92 Å². The van der Waals surface area contributed by atoms with E-state index in [9.17, 15) is 10.2 Å². The summed E-state index contributed by atoms with van der Waals surface area (Å²) in [6, 6.07) is 25.1. The highest BCUT2D eigenvalue weighted by Gasteiger charge is 2.11. The van der Waals surface area contributed by atoms with Crippen LogP contribution in [0.2, 0.25) is 0 Å². The van der Waals surface area contributed by atoms with Crippen LogP contribution in [-0.2, 0) is 0 Å². The fourth-order valence-electron chi connectivity index (χ4n) is 3.06. The molecular formula is C23H18O2S. The number of benzene rings is 3. The van der Waals surface area contributed by atoms with Gasteiger partial charge in [-0.15, -0.1) is 11.3 Å². The molecule has 4 rings (SSSR count). The highest BCUT2D eigenvalue weighted by Crippen LogP contribution is 2.17. The quantitative estimate of drug-likeness (QED) is 0.548. The minimum atomic E-state index is 0.233. The molecular weight excluding hydrogens is 340 g/mol. The second-order valence-electron chi connectivity index (χ2n) is 6.24. The van der Waals surface area contributed by atoms with Crippen LogP contribution in [0.5, 0.6) is 0 Å². The third kappa shape index (κ3) is 2.87. The number of aliphatic hydroxyl groups is 2. The van der Waals surface area contributed by atoms with Crippen molar-refractivity contribution in [3.8, 4) is 0 Å². The van der Waals surface area contributed by atoms with Gasteiger partial charge in [0.1, 0.15) is 11.5 Å². The summed E-state index contributed by atoms with van der Waals surface area (Å²) in [5.41, 5.74) is 2.65. The largest absolute Gasteiger partial charge is 0.506 e. The predicted octanol–water partition coefficient (Wildman–Crippen LogP) is 4.64. The number of hydrogen-bond acceptors (Lipinski definition) is 3. The molecule has 0 aliphatic carbocycles. The van der Waals surface area contributed by atoms with Crippen molar-refractivity contribution in [3.05, 3.63) is 105 Å². The molecule has 0 aliphatic heterocycles. The van der Waals surface area contributed by atoms with Crippen molar-refractivity contribution in [2.75, 3.05) is 0 Å². The number of thiophene rings is 1. The Labute approximate surface area is 155 Å². The maximum absolute atomic E-state index is 10.9. The topological polar surface area (TPSA) is 40.5 Å². The molecule has 0 bridgehead atoms. The molecule has 0 atom stereocenters. The van der Waals surface area contributed by atoms with E-state index in [2.05, 4.69) is 6.07 Å². The van der Waals surface area contributed by atoms with Gasteiger partial charge in [-0.2, -0.15) is 0 Å². The van der Waals surface area contributed by atoms with Gasteiger partial charge in [-0.05, 0) is 13.0 Å². The molecule has 2 N–H and O–H groups in total. The third-order valence-electron chi connectivity index (χ3n) is 4.39. The Hall–Kier alpha value is -3.04. The molecule has 3 heteroatoms. The Morgan fingerprint density at radius 3 is 1.69 bits per heavy atom. The van der Waals surface area contributed by atoms with Crippen LogP contribution in [0.1, 0.15) is 16.7 Å². The van der Waals surface area contributed by atoms with Gasteiger partial charge in [-0.25, -0.2) is 0 Å². The lowest BCUT2D eigenvalue weighted by Gasteiger charge is -1.99. The van der Waals surface area contributed by atoms with Crippen LogP contribution in [0.3, 0.4) is 0 Å². The highest BCUT2D eigenvalue weighted by molar-refractivity contribution is 7.09. The Bertz CT molecular complexity index is 1190. The van der Waals surface area contributed by atoms with Crippen molar-refractivity contribution >= 4 is 33.6 Å². The van der Waals surface area contributed by atoms with Crippen LogP contribution in [0, 0.1) is 6.92 Å². The fraction of sp³-hybridized carbons (Fsp3) is 0.0435. The van der Waals surface area contributed by atoms with Gasteiger partial charge < -0.3 is 10.2 Å². The standard InChI is InChI=1S/C23H18O2S/c1-15-12-13-18-19(14-15)23(21(25)17-10-6-3-7-11-17)26-22(18)20(24)16-8-4-2-5-9-16/h2-14,24-25H,1H3. The first-order valence-corrected chi connectivity index (χ1v) is 9.23. The summed E-state index contributed by atoms with van der Waals surface area (Å²) in [4.78, 5) is 0. The molecule has 0 amide bonds. The van der Waals surface area contributed by atoms with Crippen LogP contribution in [0.25, 0.3) is 22.3 Å².